The van der Waals surface area contributed by atoms with Crippen molar-refractivity contribution in [2.75, 3.05) is 44.7 Å². The van der Waals surface area contributed by atoms with Gasteiger partial charge in [0.15, 0.2) is 0 Å². The van der Waals surface area contributed by atoms with Crippen molar-refractivity contribution in [3.8, 4) is 5.75 Å². The summed E-state index contributed by atoms with van der Waals surface area (Å²) in [6, 6.07) is 15.5. The number of methoxy groups -OCH3 is 1. The summed E-state index contributed by atoms with van der Waals surface area (Å²) in [5.41, 5.74) is 2.72. The number of anilines is 1. The molecule has 0 spiro atoms. The molecule has 0 unspecified atom stereocenters. The number of piperazine rings is 1. The lowest BCUT2D eigenvalue weighted by molar-refractivity contribution is -0.151. The number of piperidine rings is 1. The van der Waals surface area contributed by atoms with Crippen LogP contribution in [0.1, 0.15) is 6.42 Å². The summed E-state index contributed by atoms with van der Waals surface area (Å²) >= 11 is 6.05. The molecule has 192 valence electrons. The molecule has 11 heteroatoms. The molecule has 2 aromatic carbocycles. The summed E-state index contributed by atoms with van der Waals surface area (Å²) in [7, 11) is 1.21. The molecule has 0 aliphatic carbocycles. The summed E-state index contributed by atoms with van der Waals surface area (Å²) in [6.07, 6.45) is -1.29. The number of carbonyl (C=O) groups excluding carboxylic acids is 3. The monoisotopic (exact) mass is 516 g/mol. The van der Waals surface area contributed by atoms with Crippen LogP contribution in [-0.4, -0.2) is 84.9 Å². The van der Waals surface area contributed by atoms with Crippen LogP contribution >= 0.6 is 11.6 Å². The van der Waals surface area contributed by atoms with E-state index in [1.165, 1.54) is 12.0 Å². The highest BCUT2D eigenvalue weighted by Gasteiger charge is 2.49. The molecule has 0 saturated carbocycles. The van der Waals surface area contributed by atoms with E-state index < -0.39 is 30.1 Å². The highest BCUT2D eigenvalue weighted by atomic mass is 35.5. The lowest BCUT2D eigenvalue weighted by Crippen LogP contribution is -2.64. The maximum atomic E-state index is 13.7. The van der Waals surface area contributed by atoms with Crippen LogP contribution < -0.4 is 15.1 Å². The van der Waals surface area contributed by atoms with Gasteiger partial charge in [-0.15, -0.1) is 0 Å². The molecule has 0 bridgehead atoms. The molecular formula is C25H29ClN4O6. The molecule has 2 fully saturated rings. The highest BCUT2D eigenvalue weighted by molar-refractivity contribution is 6.30. The number of para-hydroxylation sites is 1. The Labute approximate surface area is 214 Å². The Morgan fingerprint density at radius 3 is 2.39 bits per heavy atom. The largest absolute Gasteiger partial charge is 0.489 e. The number of hydroxylamine groups is 1. The summed E-state index contributed by atoms with van der Waals surface area (Å²) < 4.78 is 10.9. The molecule has 0 radical (unpaired) electrons. The smallest absolute Gasteiger partial charge is 0.410 e. The van der Waals surface area contributed by atoms with Crippen molar-refractivity contribution in [1.29, 1.82) is 0 Å². The zero-order valence-electron chi connectivity index (χ0n) is 19.9. The van der Waals surface area contributed by atoms with E-state index in [-0.39, 0.29) is 18.9 Å². The van der Waals surface area contributed by atoms with E-state index in [4.69, 9.17) is 21.1 Å². The van der Waals surface area contributed by atoms with Crippen LogP contribution in [0, 0.1) is 5.92 Å². The number of hydrogen-bond acceptors (Lipinski definition) is 7. The number of carbonyl (C=O) groups is 3. The molecule has 3 atom stereocenters. The third kappa shape index (κ3) is 5.66. The van der Waals surface area contributed by atoms with Crippen LogP contribution in [0.4, 0.5) is 10.5 Å². The fourth-order valence-electron chi connectivity index (χ4n) is 4.81. The molecule has 4 rings (SSSR count). The molecule has 0 aromatic heterocycles. The molecular weight excluding hydrogens is 488 g/mol. The minimum atomic E-state index is -1.15. The standard InChI is InChI=1S/C25H29ClN4O6/c1-35-25(33)30-16-20(36-19-9-5-6-17(26)14-19)15-21(23(31)27-34)22(30)24(32)29-12-10-28(11-13-29)18-7-3-2-4-8-18/h2-9,14,20-22,34H,10-13,15-16H2,1H3,(H,27,31)/t20-,21-,22-/m0/s1. The molecule has 10 nitrogen and oxygen atoms in total. The molecule has 2 aliphatic heterocycles. The Morgan fingerprint density at radius 2 is 1.75 bits per heavy atom. The molecule has 2 heterocycles. The highest BCUT2D eigenvalue weighted by Crippen LogP contribution is 2.30. The maximum absolute atomic E-state index is 13.7. The van der Waals surface area contributed by atoms with Crippen molar-refractivity contribution < 1.29 is 29.1 Å². The fraction of sp³-hybridized carbons (Fsp3) is 0.400. The van der Waals surface area contributed by atoms with Crippen LogP contribution in [0.2, 0.25) is 5.02 Å². The zero-order chi connectivity index (χ0) is 25.7. The number of ether oxygens (including phenoxy) is 2. The molecule has 36 heavy (non-hydrogen) atoms. The van der Waals surface area contributed by atoms with E-state index in [9.17, 15) is 19.6 Å². The molecule has 2 saturated heterocycles. The molecule has 3 amide bonds. The normalized spacial score (nSPS) is 22.1. The third-order valence-electron chi connectivity index (χ3n) is 6.55. The SMILES string of the molecule is COC(=O)N1C[C@@H](Oc2cccc(Cl)c2)C[C@H](C(=O)NO)[C@H]1C(=O)N1CCN(c2ccccc2)CC1. The number of amides is 3. The number of hydrogen-bond donors (Lipinski definition) is 2. The summed E-state index contributed by atoms with van der Waals surface area (Å²) in [5, 5.41) is 9.90. The van der Waals surface area contributed by atoms with Crippen molar-refractivity contribution in [3.63, 3.8) is 0 Å². The van der Waals surface area contributed by atoms with E-state index in [1.54, 1.807) is 34.6 Å². The Hall–Kier alpha value is -3.50. The number of nitrogens with zero attached hydrogens (tertiary/aromatic N) is 3. The first-order chi connectivity index (χ1) is 17.4. The van der Waals surface area contributed by atoms with Crippen molar-refractivity contribution in [1.82, 2.24) is 15.3 Å². The number of likely N-dealkylation sites (tertiary alicyclic amines) is 1. The lowest BCUT2D eigenvalue weighted by atomic mass is 9.86. The van der Waals surface area contributed by atoms with Gasteiger partial charge in [-0.05, 0) is 30.3 Å². The van der Waals surface area contributed by atoms with Gasteiger partial charge in [0.25, 0.3) is 0 Å². The summed E-state index contributed by atoms with van der Waals surface area (Å²) in [5.74, 6) is -1.73. The van der Waals surface area contributed by atoms with Crippen LogP contribution in [0.25, 0.3) is 0 Å². The second-order valence-corrected chi connectivity index (χ2v) is 9.17. The first kappa shape index (κ1) is 25.6. The average molecular weight is 517 g/mol. The second-order valence-electron chi connectivity index (χ2n) is 8.73. The predicted molar refractivity (Wildman–Crippen MR) is 132 cm³/mol. The van der Waals surface area contributed by atoms with Gasteiger partial charge in [0.2, 0.25) is 11.8 Å². The van der Waals surface area contributed by atoms with Crippen LogP contribution in [0.3, 0.4) is 0 Å². The van der Waals surface area contributed by atoms with Gasteiger partial charge in [0.05, 0.1) is 19.6 Å². The molecule has 2 N–H and O–H groups in total. The Kier molecular flexibility index (Phi) is 8.17. The van der Waals surface area contributed by atoms with E-state index in [0.717, 1.165) is 5.69 Å². The van der Waals surface area contributed by atoms with Gasteiger partial charge in [0.1, 0.15) is 17.9 Å². The fourth-order valence-corrected chi connectivity index (χ4v) is 4.99. The number of rotatable bonds is 5. The van der Waals surface area contributed by atoms with E-state index in [1.807, 2.05) is 30.3 Å². The van der Waals surface area contributed by atoms with Crippen molar-refractivity contribution in [2.24, 2.45) is 5.92 Å². The van der Waals surface area contributed by atoms with Crippen LogP contribution in [0.15, 0.2) is 54.6 Å². The first-order valence-electron chi connectivity index (χ1n) is 11.7. The Morgan fingerprint density at radius 1 is 1.03 bits per heavy atom. The van der Waals surface area contributed by atoms with Crippen LogP contribution in [0.5, 0.6) is 5.75 Å². The Balaban J connectivity index is 1.53. The van der Waals surface area contributed by atoms with E-state index >= 15 is 0 Å². The summed E-state index contributed by atoms with van der Waals surface area (Å²) in [4.78, 5) is 44.2. The van der Waals surface area contributed by atoms with Gasteiger partial charge >= 0.3 is 6.09 Å². The van der Waals surface area contributed by atoms with Crippen molar-refractivity contribution >= 4 is 35.2 Å². The van der Waals surface area contributed by atoms with Gasteiger partial charge < -0.3 is 19.3 Å². The van der Waals surface area contributed by atoms with E-state index in [0.29, 0.717) is 37.0 Å². The van der Waals surface area contributed by atoms with Crippen molar-refractivity contribution in [3.05, 3.63) is 59.6 Å². The second kappa shape index (κ2) is 11.5. The zero-order valence-corrected chi connectivity index (χ0v) is 20.6. The van der Waals surface area contributed by atoms with Gasteiger partial charge in [0, 0.05) is 43.3 Å². The molecule has 2 aromatic rings. The number of nitrogens with one attached hydrogen (secondary N) is 1. The predicted octanol–water partition coefficient (Wildman–Crippen LogP) is 2.40. The lowest BCUT2D eigenvalue weighted by Gasteiger charge is -2.45. The summed E-state index contributed by atoms with van der Waals surface area (Å²) in [6.45, 7) is 2.09. The Bertz CT molecular complexity index is 1050. The third-order valence-corrected chi connectivity index (χ3v) is 6.79. The number of benzene rings is 2. The van der Waals surface area contributed by atoms with Gasteiger partial charge in [-0.25, -0.2) is 10.3 Å². The van der Waals surface area contributed by atoms with Crippen LogP contribution in [-0.2, 0) is 14.3 Å². The molecule has 2 aliphatic rings. The topological polar surface area (TPSA) is 112 Å². The maximum Gasteiger partial charge on any atom is 0.410 e. The average Bonchev–Trinajstić information content (AvgIpc) is 2.92. The van der Waals surface area contributed by atoms with E-state index in [2.05, 4.69) is 4.90 Å². The van der Waals surface area contributed by atoms with Gasteiger partial charge in [-0.3, -0.25) is 19.7 Å². The minimum Gasteiger partial charge on any atom is -0.489 e. The number of halogens is 1. The van der Waals surface area contributed by atoms with Gasteiger partial charge in [-0.2, -0.15) is 0 Å². The van der Waals surface area contributed by atoms with Gasteiger partial charge in [-0.1, -0.05) is 35.9 Å². The minimum absolute atomic E-state index is 0.0226. The quantitative estimate of drug-likeness (QED) is 0.463. The van der Waals surface area contributed by atoms with Crippen molar-refractivity contribution in [2.45, 2.75) is 18.6 Å². The first-order valence-corrected chi connectivity index (χ1v) is 12.1.